The molecule has 0 heterocycles. The number of para-hydroxylation sites is 1. The summed E-state index contributed by atoms with van der Waals surface area (Å²) in [6.07, 6.45) is 0. The molecule has 0 fully saturated rings. The van der Waals surface area contributed by atoms with Gasteiger partial charge in [0.2, 0.25) is 5.91 Å². The number of hydrogen-bond acceptors (Lipinski definition) is 3. The highest BCUT2D eigenvalue weighted by atomic mass is 16.5. The summed E-state index contributed by atoms with van der Waals surface area (Å²) in [5.74, 6) is 0.404. The summed E-state index contributed by atoms with van der Waals surface area (Å²) in [6, 6.07) is 5.49. The third-order valence-corrected chi connectivity index (χ3v) is 2.38. The molecule has 1 aromatic rings. The van der Waals surface area contributed by atoms with Gasteiger partial charge in [-0.2, -0.15) is 0 Å². The number of aliphatic hydroxyl groups is 1. The predicted molar refractivity (Wildman–Crippen MR) is 62.8 cm³/mol. The van der Waals surface area contributed by atoms with Gasteiger partial charge >= 0.3 is 0 Å². The summed E-state index contributed by atoms with van der Waals surface area (Å²) in [4.78, 5) is 11.1. The summed E-state index contributed by atoms with van der Waals surface area (Å²) < 4.78 is 5.19. The average Bonchev–Trinajstić information content (AvgIpc) is 2.27. The van der Waals surface area contributed by atoms with Crippen LogP contribution in [-0.4, -0.2) is 24.7 Å². The number of nitrogens with one attached hydrogen (secondary N) is 1. The smallest absolute Gasteiger partial charge is 0.221 e. The van der Waals surface area contributed by atoms with Gasteiger partial charge in [-0.15, -0.1) is 0 Å². The number of benzene rings is 1. The predicted octanol–water partition coefficient (Wildman–Crippen LogP) is 1.75. The summed E-state index contributed by atoms with van der Waals surface area (Å²) in [5, 5.41) is 11.9. The van der Waals surface area contributed by atoms with Gasteiger partial charge in [0.1, 0.15) is 5.75 Å². The molecule has 0 aromatic heterocycles. The normalized spacial score (nSPS) is 12.0. The Labute approximate surface area is 95.2 Å². The first-order valence-corrected chi connectivity index (χ1v) is 5.15. The molecule has 4 heteroatoms. The van der Waals surface area contributed by atoms with Crippen LogP contribution in [0.2, 0.25) is 0 Å². The van der Waals surface area contributed by atoms with Crippen LogP contribution in [0, 0.1) is 0 Å². The highest BCUT2D eigenvalue weighted by Crippen LogP contribution is 2.32. The van der Waals surface area contributed by atoms with E-state index >= 15 is 0 Å². The molecule has 16 heavy (non-hydrogen) atoms. The quantitative estimate of drug-likeness (QED) is 0.817. The summed E-state index contributed by atoms with van der Waals surface area (Å²) >= 11 is 0. The fraction of sp³-hybridized carbons (Fsp3) is 0.417. The lowest BCUT2D eigenvalue weighted by Gasteiger charge is -2.17. The van der Waals surface area contributed by atoms with E-state index in [1.807, 2.05) is 19.1 Å². The second-order valence-electron chi connectivity index (χ2n) is 3.69. The number of anilines is 1. The maximum absolute atomic E-state index is 11.1. The minimum Gasteiger partial charge on any atom is -0.495 e. The molecule has 0 spiro atoms. The van der Waals surface area contributed by atoms with Crippen molar-refractivity contribution < 1.29 is 14.6 Å². The topological polar surface area (TPSA) is 58.6 Å². The molecule has 88 valence electrons. The van der Waals surface area contributed by atoms with E-state index in [1.165, 1.54) is 6.92 Å². The first kappa shape index (κ1) is 12.5. The van der Waals surface area contributed by atoms with Gasteiger partial charge in [0.15, 0.2) is 0 Å². The Balaban J connectivity index is 3.19. The Kier molecular flexibility index (Phi) is 4.31. The molecular formula is C12H17NO3. The second-order valence-corrected chi connectivity index (χ2v) is 3.69. The number of rotatable bonds is 4. The Hall–Kier alpha value is -1.55. The Morgan fingerprint density at radius 3 is 2.75 bits per heavy atom. The Morgan fingerprint density at radius 2 is 2.25 bits per heavy atom. The maximum Gasteiger partial charge on any atom is 0.221 e. The van der Waals surface area contributed by atoms with Crippen molar-refractivity contribution in [2.75, 3.05) is 19.0 Å². The molecule has 1 amide bonds. The first-order valence-electron chi connectivity index (χ1n) is 5.15. The van der Waals surface area contributed by atoms with Crippen molar-refractivity contribution in [3.63, 3.8) is 0 Å². The molecule has 0 aliphatic heterocycles. The third kappa shape index (κ3) is 2.73. The summed E-state index contributed by atoms with van der Waals surface area (Å²) in [6.45, 7) is 3.36. The number of carbonyl (C=O) groups is 1. The van der Waals surface area contributed by atoms with Gasteiger partial charge in [0.25, 0.3) is 0 Å². The van der Waals surface area contributed by atoms with Gasteiger partial charge in [-0.1, -0.05) is 19.1 Å². The van der Waals surface area contributed by atoms with E-state index in [2.05, 4.69) is 5.32 Å². The van der Waals surface area contributed by atoms with Crippen LogP contribution in [0.3, 0.4) is 0 Å². The van der Waals surface area contributed by atoms with Crippen molar-refractivity contribution in [1.82, 2.24) is 0 Å². The zero-order valence-corrected chi connectivity index (χ0v) is 9.78. The lowest BCUT2D eigenvalue weighted by molar-refractivity contribution is -0.114. The van der Waals surface area contributed by atoms with Crippen LogP contribution >= 0.6 is 0 Å². The molecule has 0 saturated carbocycles. The van der Waals surface area contributed by atoms with E-state index in [0.717, 1.165) is 5.56 Å². The van der Waals surface area contributed by atoms with Crippen LogP contribution in [0.4, 0.5) is 5.69 Å². The van der Waals surface area contributed by atoms with Crippen molar-refractivity contribution in [1.29, 1.82) is 0 Å². The minimum atomic E-state index is -0.157. The van der Waals surface area contributed by atoms with E-state index < -0.39 is 0 Å². The monoisotopic (exact) mass is 223 g/mol. The summed E-state index contributed by atoms with van der Waals surface area (Å²) in [5.41, 5.74) is 1.51. The molecule has 0 saturated heterocycles. The van der Waals surface area contributed by atoms with Gasteiger partial charge in [-0.3, -0.25) is 4.79 Å². The fourth-order valence-electron chi connectivity index (χ4n) is 1.54. The van der Waals surface area contributed by atoms with Crippen molar-refractivity contribution in [2.45, 2.75) is 19.8 Å². The lowest BCUT2D eigenvalue weighted by Crippen LogP contribution is -2.12. The van der Waals surface area contributed by atoms with Crippen molar-refractivity contribution in [3.05, 3.63) is 23.8 Å². The van der Waals surface area contributed by atoms with Crippen molar-refractivity contribution >= 4 is 11.6 Å². The molecule has 1 rings (SSSR count). The van der Waals surface area contributed by atoms with Crippen LogP contribution in [-0.2, 0) is 4.79 Å². The Morgan fingerprint density at radius 1 is 1.56 bits per heavy atom. The van der Waals surface area contributed by atoms with Gasteiger partial charge in [0, 0.05) is 19.4 Å². The van der Waals surface area contributed by atoms with Crippen LogP contribution in [0.1, 0.15) is 25.3 Å². The molecule has 0 aliphatic carbocycles. The largest absolute Gasteiger partial charge is 0.495 e. The molecule has 2 N–H and O–H groups in total. The second kappa shape index (κ2) is 5.51. The molecular weight excluding hydrogens is 206 g/mol. The average molecular weight is 223 g/mol. The van der Waals surface area contributed by atoms with Crippen LogP contribution in [0.25, 0.3) is 0 Å². The molecule has 0 radical (unpaired) electrons. The van der Waals surface area contributed by atoms with Gasteiger partial charge in [-0.25, -0.2) is 0 Å². The SMILES string of the molecule is COc1cccc(C(C)CO)c1NC(C)=O. The van der Waals surface area contributed by atoms with Gasteiger partial charge < -0.3 is 15.2 Å². The number of hydrogen-bond donors (Lipinski definition) is 2. The first-order chi connectivity index (χ1) is 7.60. The van der Waals surface area contributed by atoms with E-state index in [1.54, 1.807) is 13.2 Å². The molecule has 1 aromatic carbocycles. The van der Waals surface area contributed by atoms with E-state index in [0.29, 0.717) is 11.4 Å². The van der Waals surface area contributed by atoms with Crippen molar-refractivity contribution in [3.8, 4) is 5.75 Å². The molecule has 0 bridgehead atoms. The van der Waals surface area contributed by atoms with Crippen LogP contribution in [0.5, 0.6) is 5.75 Å². The number of methoxy groups -OCH3 is 1. The number of ether oxygens (including phenoxy) is 1. The zero-order valence-electron chi connectivity index (χ0n) is 9.78. The van der Waals surface area contributed by atoms with Crippen LogP contribution in [0.15, 0.2) is 18.2 Å². The Bertz CT molecular complexity index is 377. The maximum atomic E-state index is 11.1. The van der Waals surface area contributed by atoms with E-state index in [9.17, 15) is 4.79 Å². The highest BCUT2D eigenvalue weighted by Gasteiger charge is 2.14. The third-order valence-electron chi connectivity index (χ3n) is 2.38. The van der Waals surface area contributed by atoms with E-state index in [-0.39, 0.29) is 18.4 Å². The zero-order chi connectivity index (χ0) is 12.1. The number of amides is 1. The minimum absolute atomic E-state index is 0.0275. The molecule has 4 nitrogen and oxygen atoms in total. The standard InChI is InChI=1S/C12H17NO3/c1-8(7-14)10-5-4-6-11(16-3)12(10)13-9(2)15/h4-6,8,14H,7H2,1-3H3,(H,13,15). The fourth-order valence-corrected chi connectivity index (χ4v) is 1.54. The lowest BCUT2D eigenvalue weighted by atomic mass is 9.99. The molecule has 1 unspecified atom stereocenters. The highest BCUT2D eigenvalue weighted by molar-refractivity contribution is 5.91. The van der Waals surface area contributed by atoms with Crippen LogP contribution < -0.4 is 10.1 Å². The van der Waals surface area contributed by atoms with Gasteiger partial charge in [0.05, 0.1) is 12.8 Å². The molecule has 0 aliphatic rings. The van der Waals surface area contributed by atoms with E-state index in [4.69, 9.17) is 9.84 Å². The number of carbonyl (C=O) groups excluding carboxylic acids is 1. The summed E-state index contributed by atoms with van der Waals surface area (Å²) in [7, 11) is 1.55. The molecule has 1 atom stereocenters. The van der Waals surface area contributed by atoms with Crippen molar-refractivity contribution in [2.24, 2.45) is 0 Å². The van der Waals surface area contributed by atoms with Gasteiger partial charge in [-0.05, 0) is 11.6 Å². The number of aliphatic hydroxyl groups excluding tert-OH is 1.